The molecule has 0 amide bonds. The predicted molar refractivity (Wildman–Crippen MR) is 87.7 cm³/mol. The van der Waals surface area contributed by atoms with E-state index in [1.165, 1.54) is 43.5 Å². The zero-order chi connectivity index (χ0) is 17.3. The monoisotopic (exact) mass is 348 g/mol. The Labute approximate surface area is 141 Å². The van der Waals surface area contributed by atoms with Crippen molar-refractivity contribution in [1.29, 1.82) is 0 Å². The fraction of sp³-hybridized carbons (Fsp3) is 0.0588. The van der Waals surface area contributed by atoms with Gasteiger partial charge in [0.25, 0.3) is 0 Å². The Kier molecular flexibility index (Phi) is 4.31. The highest BCUT2D eigenvalue weighted by Crippen LogP contribution is 2.29. The maximum absolute atomic E-state index is 14.1. The molecule has 24 heavy (non-hydrogen) atoms. The number of para-hydroxylation sites is 1. The first kappa shape index (κ1) is 16.1. The molecule has 0 radical (unpaired) electrons. The standard InChI is InChI=1S/C17H11ClF2N2O2/c1-24-17(23)15-8-14(10-3-2-4-13(20)16(10)22-15)21-9-5-6-12(19)11(18)7-9/h2-8H,1H3,(H,21,22). The van der Waals surface area contributed by atoms with E-state index in [0.717, 1.165) is 0 Å². The average Bonchev–Trinajstić information content (AvgIpc) is 2.58. The summed E-state index contributed by atoms with van der Waals surface area (Å²) in [6.45, 7) is 0. The Morgan fingerprint density at radius 1 is 1.17 bits per heavy atom. The third-order valence-electron chi connectivity index (χ3n) is 3.38. The van der Waals surface area contributed by atoms with Crippen LogP contribution in [0.4, 0.5) is 20.2 Å². The van der Waals surface area contributed by atoms with Crippen LogP contribution in [0.15, 0.2) is 42.5 Å². The number of esters is 1. The largest absolute Gasteiger partial charge is 0.464 e. The van der Waals surface area contributed by atoms with Crippen molar-refractivity contribution in [2.24, 2.45) is 0 Å². The number of aromatic nitrogens is 1. The molecule has 3 rings (SSSR count). The fourth-order valence-corrected chi connectivity index (χ4v) is 2.44. The number of nitrogens with one attached hydrogen (secondary N) is 1. The number of nitrogens with zero attached hydrogens (tertiary/aromatic N) is 1. The molecule has 1 heterocycles. The lowest BCUT2D eigenvalue weighted by atomic mass is 10.1. The molecule has 0 aliphatic heterocycles. The maximum Gasteiger partial charge on any atom is 0.356 e. The van der Waals surface area contributed by atoms with Crippen LogP contribution in [0.25, 0.3) is 10.9 Å². The number of benzene rings is 2. The fourth-order valence-electron chi connectivity index (χ4n) is 2.26. The number of halogens is 3. The van der Waals surface area contributed by atoms with Crippen LogP contribution >= 0.6 is 11.6 Å². The van der Waals surface area contributed by atoms with Crippen LogP contribution in [0.1, 0.15) is 10.5 Å². The van der Waals surface area contributed by atoms with Gasteiger partial charge in [-0.1, -0.05) is 23.7 Å². The Morgan fingerprint density at radius 2 is 1.96 bits per heavy atom. The van der Waals surface area contributed by atoms with Gasteiger partial charge in [0.05, 0.1) is 17.8 Å². The summed E-state index contributed by atoms with van der Waals surface area (Å²) in [5.74, 6) is -1.82. The lowest BCUT2D eigenvalue weighted by molar-refractivity contribution is 0.0594. The predicted octanol–water partition coefficient (Wildman–Crippen LogP) is 4.70. The number of ether oxygens (including phenoxy) is 1. The molecule has 2 aromatic carbocycles. The highest BCUT2D eigenvalue weighted by molar-refractivity contribution is 6.31. The Hall–Kier alpha value is -2.73. The summed E-state index contributed by atoms with van der Waals surface area (Å²) in [6.07, 6.45) is 0. The van der Waals surface area contributed by atoms with Gasteiger partial charge in [0, 0.05) is 11.1 Å². The minimum Gasteiger partial charge on any atom is -0.464 e. The van der Waals surface area contributed by atoms with Crippen LogP contribution in [0.3, 0.4) is 0 Å². The van der Waals surface area contributed by atoms with Crippen molar-refractivity contribution in [2.75, 3.05) is 12.4 Å². The molecule has 0 fully saturated rings. The third kappa shape index (κ3) is 3.00. The molecule has 1 aromatic heterocycles. The first-order valence-electron chi connectivity index (χ1n) is 6.89. The van der Waals surface area contributed by atoms with Crippen LogP contribution < -0.4 is 5.32 Å². The van der Waals surface area contributed by atoms with Gasteiger partial charge >= 0.3 is 5.97 Å². The number of methoxy groups -OCH3 is 1. The summed E-state index contributed by atoms with van der Waals surface area (Å²) < 4.78 is 32.0. The van der Waals surface area contributed by atoms with Crippen molar-refractivity contribution in [1.82, 2.24) is 4.98 Å². The average molecular weight is 349 g/mol. The second-order valence-corrected chi connectivity index (χ2v) is 5.34. The quantitative estimate of drug-likeness (QED) is 0.697. The molecule has 7 heteroatoms. The van der Waals surface area contributed by atoms with E-state index in [0.29, 0.717) is 16.8 Å². The van der Waals surface area contributed by atoms with Crippen molar-refractivity contribution in [2.45, 2.75) is 0 Å². The van der Waals surface area contributed by atoms with E-state index in [1.54, 1.807) is 6.07 Å². The number of anilines is 2. The summed E-state index contributed by atoms with van der Waals surface area (Å²) in [7, 11) is 1.21. The number of hydrogen-bond acceptors (Lipinski definition) is 4. The number of rotatable bonds is 3. The highest BCUT2D eigenvalue weighted by atomic mass is 35.5. The number of pyridine rings is 1. The van der Waals surface area contributed by atoms with Crippen molar-refractivity contribution in [3.63, 3.8) is 0 Å². The van der Waals surface area contributed by atoms with Gasteiger partial charge in [-0.15, -0.1) is 0 Å². The zero-order valence-electron chi connectivity index (χ0n) is 12.4. The summed E-state index contributed by atoms with van der Waals surface area (Å²) in [5, 5.41) is 3.40. The summed E-state index contributed by atoms with van der Waals surface area (Å²) in [4.78, 5) is 15.8. The third-order valence-corrected chi connectivity index (χ3v) is 3.67. The van der Waals surface area contributed by atoms with E-state index in [2.05, 4.69) is 15.0 Å². The highest BCUT2D eigenvalue weighted by Gasteiger charge is 2.15. The van der Waals surface area contributed by atoms with E-state index < -0.39 is 17.6 Å². The molecule has 0 aliphatic rings. The van der Waals surface area contributed by atoms with Crippen LogP contribution in [0.2, 0.25) is 5.02 Å². The summed E-state index contributed by atoms with van der Waals surface area (Å²) >= 11 is 5.77. The number of fused-ring (bicyclic) bond motifs is 1. The van der Waals surface area contributed by atoms with Gasteiger partial charge in [-0.25, -0.2) is 18.6 Å². The van der Waals surface area contributed by atoms with Gasteiger partial charge in [0.15, 0.2) is 5.69 Å². The second kappa shape index (κ2) is 6.41. The maximum atomic E-state index is 14.1. The topological polar surface area (TPSA) is 51.2 Å². The summed E-state index contributed by atoms with van der Waals surface area (Å²) in [6, 6.07) is 9.93. The number of carbonyl (C=O) groups excluding carboxylic acids is 1. The van der Waals surface area contributed by atoms with E-state index in [1.807, 2.05) is 0 Å². The van der Waals surface area contributed by atoms with Crippen molar-refractivity contribution in [3.05, 3.63) is 64.8 Å². The van der Waals surface area contributed by atoms with Crippen LogP contribution in [-0.2, 0) is 4.74 Å². The number of carbonyl (C=O) groups is 1. The minimum absolute atomic E-state index is 0.0242. The van der Waals surface area contributed by atoms with Crippen molar-refractivity contribution < 1.29 is 18.3 Å². The molecular weight excluding hydrogens is 338 g/mol. The molecule has 0 atom stereocenters. The van der Waals surface area contributed by atoms with Gasteiger partial charge in [0.2, 0.25) is 0 Å². The van der Waals surface area contributed by atoms with Gasteiger partial charge in [-0.3, -0.25) is 0 Å². The Morgan fingerprint density at radius 3 is 2.67 bits per heavy atom. The van der Waals surface area contributed by atoms with Crippen LogP contribution in [-0.4, -0.2) is 18.1 Å². The molecule has 0 saturated heterocycles. The molecule has 122 valence electrons. The normalized spacial score (nSPS) is 10.7. The first-order valence-corrected chi connectivity index (χ1v) is 7.27. The molecule has 0 unspecified atom stereocenters. The second-order valence-electron chi connectivity index (χ2n) is 4.94. The van der Waals surface area contributed by atoms with Crippen LogP contribution in [0.5, 0.6) is 0 Å². The number of hydrogen-bond donors (Lipinski definition) is 1. The molecular formula is C17H11ClF2N2O2. The van der Waals surface area contributed by atoms with Crippen LogP contribution in [0, 0.1) is 11.6 Å². The Bertz CT molecular complexity index is 947. The minimum atomic E-state index is -0.694. The molecule has 0 spiro atoms. The van der Waals surface area contributed by atoms with Gasteiger partial charge in [-0.2, -0.15) is 0 Å². The van der Waals surface area contributed by atoms with Crippen molar-refractivity contribution in [3.8, 4) is 0 Å². The molecule has 0 saturated carbocycles. The summed E-state index contributed by atoms with van der Waals surface area (Å²) in [5.41, 5.74) is 0.874. The lowest BCUT2D eigenvalue weighted by Gasteiger charge is -2.12. The van der Waals surface area contributed by atoms with E-state index in [9.17, 15) is 13.6 Å². The SMILES string of the molecule is COC(=O)c1cc(Nc2ccc(F)c(Cl)c2)c2cccc(F)c2n1. The molecule has 0 aliphatic carbocycles. The Balaban J connectivity index is 2.16. The van der Waals surface area contributed by atoms with Gasteiger partial charge < -0.3 is 10.1 Å². The molecule has 3 aromatic rings. The molecule has 0 bridgehead atoms. The first-order chi connectivity index (χ1) is 11.5. The molecule has 4 nitrogen and oxygen atoms in total. The smallest absolute Gasteiger partial charge is 0.356 e. The lowest BCUT2D eigenvalue weighted by Crippen LogP contribution is -2.06. The van der Waals surface area contributed by atoms with Gasteiger partial charge in [0.1, 0.15) is 17.2 Å². The van der Waals surface area contributed by atoms with E-state index >= 15 is 0 Å². The van der Waals surface area contributed by atoms with Crippen molar-refractivity contribution >= 4 is 39.8 Å². The zero-order valence-corrected chi connectivity index (χ0v) is 13.2. The molecule has 1 N–H and O–H groups in total. The van der Waals surface area contributed by atoms with E-state index in [4.69, 9.17) is 11.6 Å². The van der Waals surface area contributed by atoms with E-state index in [-0.39, 0.29) is 16.2 Å². The van der Waals surface area contributed by atoms with Gasteiger partial charge in [-0.05, 0) is 30.3 Å².